The van der Waals surface area contributed by atoms with Crippen LogP contribution < -0.4 is 5.32 Å². The van der Waals surface area contributed by atoms with Crippen molar-refractivity contribution in [2.24, 2.45) is 5.41 Å². The van der Waals surface area contributed by atoms with Crippen LogP contribution in [0.3, 0.4) is 0 Å². The van der Waals surface area contributed by atoms with E-state index >= 15 is 0 Å². The predicted octanol–water partition coefficient (Wildman–Crippen LogP) is 5.28. The fraction of sp³-hybridized carbons (Fsp3) is 0.304. The number of rotatable bonds is 4. The van der Waals surface area contributed by atoms with Crippen LogP contribution in [-0.2, 0) is 10.5 Å². The number of allylic oxidation sites excluding steroid dienone is 3. The van der Waals surface area contributed by atoms with Gasteiger partial charge in [0.15, 0.2) is 5.78 Å². The molecule has 0 unspecified atom stereocenters. The highest BCUT2D eigenvalue weighted by Crippen LogP contribution is 2.48. The SMILES string of the molecule is CC1(C)CC(=O)C2=C(C1)NC(SCc1ccccc1)=C(C#N)[C@H]2c1ccco1. The Morgan fingerprint density at radius 1 is 1.21 bits per heavy atom. The van der Waals surface area contributed by atoms with Gasteiger partial charge in [0.25, 0.3) is 0 Å². The number of hydrogen-bond acceptors (Lipinski definition) is 5. The average Bonchev–Trinajstić information content (AvgIpc) is 3.19. The third-order valence-corrected chi connectivity index (χ3v) is 6.27. The van der Waals surface area contributed by atoms with E-state index < -0.39 is 5.92 Å². The van der Waals surface area contributed by atoms with Crippen LogP contribution in [0, 0.1) is 16.7 Å². The number of ketones is 1. The van der Waals surface area contributed by atoms with Gasteiger partial charge in [-0.1, -0.05) is 44.2 Å². The molecule has 4 rings (SSSR count). The van der Waals surface area contributed by atoms with Crippen LogP contribution in [0.1, 0.15) is 43.9 Å². The largest absolute Gasteiger partial charge is 0.468 e. The molecule has 1 N–H and O–H groups in total. The summed E-state index contributed by atoms with van der Waals surface area (Å²) < 4.78 is 5.66. The van der Waals surface area contributed by atoms with Crippen molar-refractivity contribution < 1.29 is 9.21 Å². The Labute approximate surface area is 169 Å². The molecule has 2 aromatic rings. The number of nitrogens with zero attached hydrogens (tertiary/aromatic N) is 1. The normalized spacial score (nSPS) is 21.2. The second-order valence-corrected chi connectivity index (χ2v) is 9.02. The molecule has 1 aromatic heterocycles. The molecule has 2 heterocycles. The second kappa shape index (κ2) is 7.37. The number of benzene rings is 1. The molecule has 0 amide bonds. The number of carbonyl (C=O) groups is 1. The predicted molar refractivity (Wildman–Crippen MR) is 110 cm³/mol. The van der Waals surface area contributed by atoms with Crippen molar-refractivity contribution in [1.29, 1.82) is 5.26 Å². The van der Waals surface area contributed by atoms with Gasteiger partial charge in [0.05, 0.1) is 28.9 Å². The summed E-state index contributed by atoms with van der Waals surface area (Å²) >= 11 is 1.60. The van der Waals surface area contributed by atoms with Gasteiger partial charge in [-0.3, -0.25) is 4.79 Å². The van der Waals surface area contributed by atoms with E-state index in [9.17, 15) is 10.1 Å². The Morgan fingerprint density at radius 2 is 2.00 bits per heavy atom. The second-order valence-electron chi connectivity index (χ2n) is 8.04. The third-order valence-electron chi connectivity index (χ3n) is 5.18. The summed E-state index contributed by atoms with van der Waals surface area (Å²) in [5, 5.41) is 14.2. The summed E-state index contributed by atoms with van der Waals surface area (Å²) in [5.74, 6) is 1.06. The minimum atomic E-state index is -0.432. The minimum Gasteiger partial charge on any atom is -0.468 e. The fourth-order valence-corrected chi connectivity index (χ4v) is 4.98. The maximum Gasteiger partial charge on any atom is 0.162 e. The molecule has 4 nitrogen and oxygen atoms in total. The first-order valence-electron chi connectivity index (χ1n) is 9.36. The first-order chi connectivity index (χ1) is 13.5. The first kappa shape index (κ1) is 18.6. The molecular formula is C23H22N2O2S. The number of nitriles is 1. The van der Waals surface area contributed by atoms with Crippen molar-refractivity contribution in [3.63, 3.8) is 0 Å². The number of Topliss-reactive ketones (excluding diaryl/α,β-unsaturated/α-hetero) is 1. The zero-order valence-corrected chi connectivity index (χ0v) is 16.8. The lowest BCUT2D eigenvalue weighted by atomic mass is 9.70. The molecule has 2 aliphatic rings. The molecule has 1 aromatic carbocycles. The van der Waals surface area contributed by atoms with Crippen molar-refractivity contribution in [3.8, 4) is 6.07 Å². The van der Waals surface area contributed by atoms with Gasteiger partial charge in [-0.05, 0) is 29.5 Å². The van der Waals surface area contributed by atoms with Gasteiger partial charge in [0.1, 0.15) is 5.76 Å². The summed E-state index contributed by atoms with van der Waals surface area (Å²) in [6.45, 7) is 4.22. The highest BCUT2D eigenvalue weighted by molar-refractivity contribution is 8.02. The lowest BCUT2D eigenvalue weighted by Crippen LogP contribution is -2.36. The smallest absolute Gasteiger partial charge is 0.162 e. The molecule has 0 saturated carbocycles. The topological polar surface area (TPSA) is 66.0 Å². The summed E-state index contributed by atoms with van der Waals surface area (Å²) in [5.41, 5.74) is 3.26. The lowest BCUT2D eigenvalue weighted by molar-refractivity contribution is -0.118. The van der Waals surface area contributed by atoms with Gasteiger partial charge < -0.3 is 9.73 Å². The number of dihydropyridines is 1. The molecule has 1 atom stereocenters. The Kier molecular flexibility index (Phi) is 4.91. The van der Waals surface area contributed by atoms with E-state index in [1.807, 2.05) is 24.3 Å². The van der Waals surface area contributed by atoms with Crippen LogP contribution in [0.25, 0.3) is 0 Å². The molecule has 0 spiro atoms. The number of nitrogens with one attached hydrogen (secondary N) is 1. The molecule has 142 valence electrons. The van der Waals surface area contributed by atoms with Gasteiger partial charge in [-0.25, -0.2) is 0 Å². The molecule has 1 aliphatic carbocycles. The van der Waals surface area contributed by atoms with E-state index in [1.54, 1.807) is 24.1 Å². The maximum atomic E-state index is 13.0. The summed E-state index contributed by atoms with van der Waals surface area (Å²) in [6.07, 6.45) is 2.86. The van der Waals surface area contributed by atoms with E-state index in [4.69, 9.17) is 4.42 Å². The lowest BCUT2D eigenvalue weighted by Gasteiger charge is -2.38. The molecule has 1 aliphatic heterocycles. The van der Waals surface area contributed by atoms with Crippen LogP contribution >= 0.6 is 11.8 Å². The number of thioether (sulfide) groups is 1. The van der Waals surface area contributed by atoms with E-state index in [0.717, 1.165) is 22.9 Å². The van der Waals surface area contributed by atoms with Crippen LogP contribution in [0.15, 0.2) is 75.0 Å². The van der Waals surface area contributed by atoms with Crippen molar-refractivity contribution in [2.75, 3.05) is 0 Å². The number of furan rings is 1. The molecule has 5 heteroatoms. The van der Waals surface area contributed by atoms with Crippen molar-refractivity contribution >= 4 is 17.5 Å². The van der Waals surface area contributed by atoms with Crippen molar-refractivity contribution in [1.82, 2.24) is 5.32 Å². The van der Waals surface area contributed by atoms with Gasteiger partial charge in [-0.2, -0.15) is 5.26 Å². The molecule has 0 fully saturated rings. The highest BCUT2D eigenvalue weighted by Gasteiger charge is 2.42. The quantitative estimate of drug-likeness (QED) is 0.769. The minimum absolute atomic E-state index is 0.0972. The van der Waals surface area contributed by atoms with Crippen LogP contribution in [0.4, 0.5) is 0 Å². The Bertz CT molecular complexity index is 995. The van der Waals surface area contributed by atoms with Crippen molar-refractivity contribution in [2.45, 2.75) is 38.4 Å². The molecule has 0 bridgehead atoms. The molecular weight excluding hydrogens is 368 g/mol. The van der Waals surface area contributed by atoms with E-state index in [2.05, 4.69) is 37.4 Å². The van der Waals surface area contributed by atoms with Crippen LogP contribution in [0.2, 0.25) is 0 Å². The van der Waals surface area contributed by atoms with Gasteiger partial charge >= 0.3 is 0 Å². The molecule has 28 heavy (non-hydrogen) atoms. The zero-order valence-electron chi connectivity index (χ0n) is 16.0. The van der Waals surface area contributed by atoms with Gasteiger partial charge in [-0.15, -0.1) is 11.8 Å². The van der Waals surface area contributed by atoms with E-state index in [1.165, 1.54) is 5.56 Å². The Morgan fingerprint density at radius 3 is 2.68 bits per heavy atom. The van der Waals surface area contributed by atoms with Crippen LogP contribution in [0.5, 0.6) is 0 Å². The Balaban J connectivity index is 1.74. The number of hydrogen-bond donors (Lipinski definition) is 1. The van der Waals surface area contributed by atoms with E-state index in [0.29, 0.717) is 23.3 Å². The Hall–Kier alpha value is -2.71. The molecule has 0 saturated heterocycles. The third kappa shape index (κ3) is 3.53. The highest BCUT2D eigenvalue weighted by atomic mass is 32.2. The van der Waals surface area contributed by atoms with Gasteiger partial charge in [0, 0.05) is 23.4 Å². The fourth-order valence-electron chi connectivity index (χ4n) is 3.96. The van der Waals surface area contributed by atoms with E-state index in [-0.39, 0.29) is 11.2 Å². The first-order valence-corrected chi connectivity index (χ1v) is 10.3. The van der Waals surface area contributed by atoms with Gasteiger partial charge in [0.2, 0.25) is 0 Å². The standard InChI is InChI=1S/C23H22N2O2S/c1-23(2)11-17-21(18(26)12-23)20(19-9-6-10-27-19)16(13-24)22(25-17)28-14-15-7-4-3-5-8-15/h3-10,20,25H,11-12,14H2,1-2H3/t20-/m0/s1. The summed E-state index contributed by atoms with van der Waals surface area (Å²) in [6, 6.07) is 16.2. The monoisotopic (exact) mass is 390 g/mol. The molecule has 0 radical (unpaired) electrons. The summed E-state index contributed by atoms with van der Waals surface area (Å²) in [7, 11) is 0. The summed E-state index contributed by atoms with van der Waals surface area (Å²) in [4.78, 5) is 13.0. The zero-order chi connectivity index (χ0) is 19.7. The van der Waals surface area contributed by atoms with Crippen molar-refractivity contribution in [3.05, 3.63) is 81.9 Å². The number of carbonyl (C=O) groups excluding carboxylic acids is 1. The average molecular weight is 391 g/mol. The van der Waals surface area contributed by atoms with Crippen LogP contribution in [-0.4, -0.2) is 5.78 Å². The maximum absolute atomic E-state index is 13.0.